The number of hydrogen-bond donors (Lipinski definition) is 5. The molecule has 1 aliphatic heterocycles. The van der Waals surface area contributed by atoms with Crippen LogP contribution in [0.5, 0.6) is 5.75 Å². The number of amidine groups is 2. The highest BCUT2D eigenvalue weighted by Gasteiger charge is 2.24. The minimum Gasteiger partial charge on any atom is -0.490 e. The Balaban J connectivity index is 0.00000294. The van der Waals surface area contributed by atoms with Crippen molar-refractivity contribution in [3.63, 3.8) is 0 Å². The van der Waals surface area contributed by atoms with Crippen molar-refractivity contribution in [2.45, 2.75) is 32.4 Å². The van der Waals surface area contributed by atoms with Gasteiger partial charge in [-0.25, -0.2) is 0 Å². The first-order valence-corrected chi connectivity index (χ1v) is 14.0. The number of carbonyl (C=O) groups excluding carboxylic acids is 1. The van der Waals surface area contributed by atoms with Gasteiger partial charge in [0.2, 0.25) is 5.91 Å². The van der Waals surface area contributed by atoms with Crippen LogP contribution in [-0.2, 0) is 21.5 Å². The smallest absolute Gasteiger partial charge is 0.302 e. The van der Waals surface area contributed by atoms with Crippen LogP contribution in [-0.4, -0.2) is 56.6 Å². The standard InChI is InChI=1S/C27H33N7O4S.2ClH/c1-18(28)33-12-10-25(11-13-33)38-24-8-6-23(7-9-24)34(39(36,37)32-16-26(29)35)17-19-2-3-20-4-5-21(27(30)31)15-22(20)14-19;;/h2-9,14-15,25,28,32H,10-13,16-17H2,1H3,(H2,29,35)(H3,30,31);2*1H. The molecule has 1 heterocycles. The molecular formula is C27H35Cl2N7O4S. The highest BCUT2D eigenvalue weighted by atomic mass is 35.5. The predicted octanol–water partition coefficient (Wildman–Crippen LogP) is 3.13. The van der Waals surface area contributed by atoms with Gasteiger partial charge in [-0.15, -0.1) is 24.8 Å². The summed E-state index contributed by atoms with van der Waals surface area (Å²) in [6.07, 6.45) is 1.60. The molecule has 14 heteroatoms. The van der Waals surface area contributed by atoms with Crippen LogP contribution in [0, 0.1) is 10.8 Å². The van der Waals surface area contributed by atoms with E-state index in [1.165, 1.54) is 4.31 Å². The zero-order valence-corrected chi connectivity index (χ0v) is 24.9. The summed E-state index contributed by atoms with van der Waals surface area (Å²) in [7, 11) is -4.14. The maximum absolute atomic E-state index is 13.2. The van der Waals surface area contributed by atoms with Gasteiger partial charge in [0.15, 0.2) is 0 Å². The maximum Gasteiger partial charge on any atom is 0.302 e. The zero-order valence-electron chi connectivity index (χ0n) is 22.5. The Bertz CT molecular complexity index is 1500. The number of piperidine rings is 1. The van der Waals surface area contributed by atoms with Crippen LogP contribution >= 0.6 is 24.8 Å². The number of primary amides is 1. The Hall–Kier alpha value is -3.58. The molecule has 0 aliphatic carbocycles. The number of ether oxygens (including phenoxy) is 1. The zero-order chi connectivity index (χ0) is 28.2. The third-order valence-corrected chi connectivity index (χ3v) is 8.03. The Morgan fingerprint density at radius 2 is 1.63 bits per heavy atom. The Labute approximate surface area is 252 Å². The number of nitrogens with two attached hydrogens (primary N) is 2. The molecule has 1 amide bonds. The van der Waals surface area contributed by atoms with Crippen molar-refractivity contribution < 1.29 is 17.9 Å². The van der Waals surface area contributed by atoms with Crippen LogP contribution in [0.3, 0.4) is 0 Å². The minimum atomic E-state index is -4.14. The number of fused-ring (bicyclic) bond motifs is 1. The Morgan fingerprint density at radius 3 is 2.22 bits per heavy atom. The number of rotatable bonds is 10. The summed E-state index contributed by atoms with van der Waals surface area (Å²) in [6.45, 7) is 2.74. The van der Waals surface area contributed by atoms with Crippen molar-refractivity contribution in [2.75, 3.05) is 23.9 Å². The molecule has 3 aromatic carbocycles. The molecular weight excluding hydrogens is 589 g/mol. The van der Waals surface area contributed by atoms with Gasteiger partial charge in [-0.2, -0.15) is 13.1 Å². The molecule has 1 fully saturated rings. The average Bonchev–Trinajstić information content (AvgIpc) is 2.91. The van der Waals surface area contributed by atoms with E-state index in [2.05, 4.69) is 4.72 Å². The largest absolute Gasteiger partial charge is 0.490 e. The Kier molecular flexibility index (Phi) is 11.8. The highest BCUT2D eigenvalue weighted by Crippen LogP contribution is 2.27. The van der Waals surface area contributed by atoms with E-state index >= 15 is 0 Å². The maximum atomic E-state index is 13.2. The average molecular weight is 625 g/mol. The molecule has 41 heavy (non-hydrogen) atoms. The number of benzene rings is 3. The summed E-state index contributed by atoms with van der Waals surface area (Å²) in [5.41, 5.74) is 12.5. The van der Waals surface area contributed by atoms with E-state index in [1.54, 1.807) is 43.3 Å². The fourth-order valence-corrected chi connectivity index (χ4v) is 5.67. The van der Waals surface area contributed by atoms with Crippen LogP contribution in [0.2, 0.25) is 0 Å². The summed E-state index contributed by atoms with van der Waals surface area (Å²) >= 11 is 0. The van der Waals surface area contributed by atoms with Crippen LogP contribution in [0.25, 0.3) is 10.8 Å². The van der Waals surface area contributed by atoms with Gasteiger partial charge in [0.1, 0.15) is 17.7 Å². The van der Waals surface area contributed by atoms with E-state index in [0.29, 0.717) is 28.4 Å². The van der Waals surface area contributed by atoms with Gasteiger partial charge in [0.25, 0.3) is 0 Å². The molecule has 222 valence electrons. The van der Waals surface area contributed by atoms with E-state index in [0.717, 1.165) is 36.7 Å². The van der Waals surface area contributed by atoms with Crippen LogP contribution in [0.1, 0.15) is 30.9 Å². The molecule has 1 saturated heterocycles. The predicted molar refractivity (Wildman–Crippen MR) is 167 cm³/mol. The van der Waals surface area contributed by atoms with Crippen molar-refractivity contribution in [1.29, 1.82) is 10.8 Å². The second-order valence-corrected chi connectivity index (χ2v) is 11.2. The summed E-state index contributed by atoms with van der Waals surface area (Å²) in [5.74, 6) is 0.317. The van der Waals surface area contributed by atoms with Gasteiger partial charge in [0.05, 0.1) is 24.6 Å². The first-order valence-electron chi connectivity index (χ1n) is 12.5. The van der Waals surface area contributed by atoms with E-state index in [1.807, 2.05) is 29.2 Å². The lowest BCUT2D eigenvalue weighted by Crippen LogP contribution is -2.43. The molecule has 1 aliphatic rings. The van der Waals surface area contributed by atoms with Crippen LogP contribution in [0.4, 0.5) is 5.69 Å². The molecule has 0 saturated carbocycles. The number of anilines is 1. The lowest BCUT2D eigenvalue weighted by molar-refractivity contribution is -0.116. The second kappa shape index (κ2) is 14.4. The molecule has 0 bridgehead atoms. The van der Waals surface area contributed by atoms with Gasteiger partial charge in [-0.3, -0.25) is 19.9 Å². The number of amides is 1. The number of nitrogen functional groups attached to an aromatic ring is 1. The monoisotopic (exact) mass is 623 g/mol. The topological polar surface area (TPSA) is 179 Å². The summed E-state index contributed by atoms with van der Waals surface area (Å²) < 4.78 is 36.0. The van der Waals surface area contributed by atoms with E-state index in [-0.39, 0.29) is 43.3 Å². The number of nitrogens with zero attached hydrogens (tertiary/aromatic N) is 2. The molecule has 0 spiro atoms. The Morgan fingerprint density at radius 1 is 1.00 bits per heavy atom. The summed E-state index contributed by atoms with van der Waals surface area (Å²) in [6, 6.07) is 17.7. The second-order valence-electron chi connectivity index (χ2n) is 9.49. The van der Waals surface area contributed by atoms with Gasteiger partial charge in [0, 0.05) is 31.5 Å². The van der Waals surface area contributed by atoms with Crippen molar-refractivity contribution in [2.24, 2.45) is 11.5 Å². The van der Waals surface area contributed by atoms with E-state index in [4.69, 9.17) is 27.0 Å². The molecule has 7 N–H and O–H groups in total. The van der Waals surface area contributed by atoms with Gasteiger partial charge in [-0.1, -0.05) is 24.3 Å². The molecule has 0 unspecified atom stereocenters. The normalized spacial score (nSPS) is 13.5. The summed E-state index contributed by atoms with van der Waals surface area (Å²) in [5, 5.41) is 17.2. The van der Waals surface area contributed by atoms with Crippen molar-refractivity contribution in [1.82, 2.24) is 9.62 Å². The van der Waals surface area contributed by atoms with Gasteiger partial charge >= 0.3 is 10.2 Å². The molecule has 0 aromatic heterocycles. The van der Waals surface area contributed by atoms with Crippen molar-refractivity contribution >= 4 is 69.1 Å². The lowest BCUT2D eigenvalue weighted by atomic mass is 10.0. The molecule has 0 radical (unpaired) electrons. The molecule has 0 atom stereocenters. The SMILES string of the molecule is CC(=N)N1CCC(Oc2ccc(N(Cc3ccc4ccc(C(=N)N)cc4c3)S(=O)(=O)NCC(N)=O)cc2)CC1.Cl.Cl. The van der Waals surface area contributed by atoms with Gasteiger partial charge < -0.3 is 21.1 Å². The third-order valence-electron chi connectivity index (χ3n) is 6.60. The fourth-order valence-electron chi connectivity index (χ4n) is 4.48. The molecule has 4 rings (SSSR count). The van der Waals surface area contributed by atoms with E-state index in [9.17, 15) is 13.2 Å². The first kappa shape index (κ1) is 33.6. The van der Waals surface area contributed by atoms with Crippen LogP contribution < -0.4 is 25.2 Å². The first-order chi connectivity index (χ1) is 18.5. The number of hydrogen-bond acceptors (Lipinski definition) is 6. The molecule has 3 aromatic rings. The highest BCUT2D eigenvalue weighted by molar-refractivity contribution is 7.90. The number of likely N-dealkylation sites (tertiary alicyclic amines) is 1. The number of carbonyl (C=O) groups is 1. The number of nitrogens with one attached hydrogen (secondary N) is 3. The summed E-state index contributed by atoms with van der Waals surface area (Å²) in [4.78, 5) is 13.3. The van der Waals surface area contributed by atoms with Crippen molar-refractivity contribution in [3.05, 3.63) is 71.8 Å². The quantitative estimate of drug-likeness (QED) is 0.171. The lowest BCUT2D eigenvalue weighted by Gasteiger charge is -2.33. The minimum absolute atomic E-state index is 0. The number of halogens is 2. The van der Waals surface area contributed by atoms with E-state index < -0.39 is 22.7 Å². The fraction of sp³-hybridized carbons (Fsp3) is 0.296. The van der Waals surface area contributed by atoms with Crippen LogP contribution in [0.15, 0.2) is 60.7 Å². The van der Waals surface area contributed by atoms with Crippen molar-refractivity contribution in [3.8, 4) is 5.75 Å². The third kappa shape index (κ3) is 8.70. The molecule has 11 nitrogen and oxygen atoms in total. The van der Waals surface area contributed by atoms with Gasteiger partial charge in [-0.05, 0) is 59.7 Å².